The highest BCUT2D eigenvalue weighted by molar-refractivity contribution is 5.95. The van der Waals surface area contributed by atoms with Crippen LogP contribution in [-0.4, -0.2) is 45.0 Å². The van der Waals surface area contributed by atoms with Crippen LogP contribution >= 0.6 is 0 Å². The third-order valence-corrected chi connectivity index (χ3v) is 8.82. The molecule has 2 fully saturated rings. The van der Waals surface area contributed by atoms with Gasteiger partial charge in [-0.3, -0.25) is 9.69 Å². The average molecular weight is 498 g/mol. The Hall–Kier alpha value is -2.61. The van der Waals surface area contributed by atoms with Gasteiger partial charge in [-0.05, 0) is 69.9 Å². The Labute approximate surface area is 212 Å². The van der Waals surface area contributed by atoms with Gasteiger partial charge in [0.25, 0.3) is 0 Å². The second-order valence-electron chi connectivity index (χ2n) is 11.1. The zero-order valence-corrected chi connectivity index (χ0v) is 21.5. The predicted molar refractivity (Wildman–Crippen MR) is 137 cm³/mol. The number of aliphatic hydroxyl groups excluding tert-OH is 1. The number of amides is 1. The first kappa shape index (κ1) is 25.1. The first-order valence-electron chi connectivity index (χ1n) is 13.7. The van der Waals surface area contributed by atoms with E-state index in [0.29, 0.717) is 18.7 Å². The second kappa shape index (κ2) is 10.4. The third kappa shape index (κ3) is 4.49. The van der Waals surface area contributed by atoms with Crippen molar-refractivity contribution < 1.29 is 24.5 Å². The Bertz CT molecular complexity index is 1120. The lowest BCUT2D eigenvalue weighted by Gasteiger charge is -2.34. The lowest BCUT2D eigenvalue weighted by atomic mass is 9.85. The number of hydrogen-bond acceptors (Lipinski definition) is 5. The minimum Gasteiger partial charge on any atom is -0.481 e. The number of anilines is 1. The number of benzene rings is 1. The van der Waals surface area contributed by atoms with Crippen molar-refractivity contribution in [2.75, 3.05) is 12.0 Å². The van der Waals surface area contributed by atoms with Crippen LogP contribution in [0.1, 0.15) is 101 Å². The average Bonchev–Trinajstić information content (AvgIpc) is 3.07. The molecule has 0 spiro atoms. The molecular weight excluding hydrogens is 458 g/mol. The fourth-order valence-electron chi connectivity index (χ4n) is 6.85. The van der Waals surface area contributed by atoms with Crippen LogP contribution in [0.3, 0.4) is 0 Å². The molecule has 8 heteroatoms. The first-order valence-corrected chi connectivity index (χ1v) is 13.7. The quantitative estimate of drug-likeness (QED) is 0.520. The van der Waals surface area contributed by atoms with E-state index in [1.165, 1.54) is 20.0 Å². The van der Waals surface area contributed by atoms with E-state index in [-0.39, 0.29) is 30.0 Å². The molecule has 1 aromatic heterocycles. The van der Waals surface area contributed by atoms with Crippen molar-refractivity contribution in [2.45, 2.75) is 102 Å². The monoisotopic (exact) mass is 497 g/mol. The lowest BCUT2D eigenvalue weighted by Crippen LogP contribution is -2.42. The number of aliphatic hydroxyl groups is 1. The van der Waals surface area contributed by atoms with Crippen molar-refractivity contribution in [2.24, 2.45) is 11.8 Å². The fraction of sp³-hybridized carbons (Fsp3) is 0.679. The van der Waals surface area contributed by atoms with Crippen LogP contribution in [-0.2, 0) is 16.0 Å². The maximum atomic E-state index is 12.6. The highest BCUT2D eigenvalue weighted by Gasteiger charge is 2.36. The maximum absolute atomic E-state index is 12.6. The Morgan fingerprint density at radius 2 is 1.81 bits per heavy atom. The Morgan fingerprint density at radius 3 is 2.50 bits per heavy atom. The number of carboxylic acids is 1. The second-order valence-corrected chi connectivity index (χ2v) is 11.1. The zero-order valence-electron chi connectivity index (χ0n) is 21.5. The van der Waals surface area contributed by atoms with E-state index in [0.717, 1.165) is 73.7 Å². The zero-order chi connectivity index (χ0) is 25.4. The molecule has 36 heavy (non-hydrogen) atoms. The number of hydrogen-bond donors (Lipinski definition) is 2. The maximum Gasteiger partial charge on any atom is 0.414 e. The molecule has 0 saturated heterocycles. The molecule has 2 heterocycles. The SMILES string of the molecule is COC(=O)N1c2ccc3c(nc([C@H](O)C4CCCCCC4)n3[C@@H]3CCC[C@@H](C(=O)O)C3)c2CC[C@@H]1C. The molecule has 0 radical (unpaired) electrons. The summed E-state index contributed by atoms with van der Waals surface area (Å²) in [5.74, 6) is -0.290. The summed E-state index contributed by atoms with van der Waals surface area (Å²) in [4.78, 5) is 31.3. The van der Waals surface area contributed by atoms with Crippen LogP contribution in [0.5, 0.6) is 0 Å². The number of methoxy groups -OCH3 is 1. The number of aryl methyl sites for hydroxylation is 1. The normalized spacial score (nSPS) is 26.3. The van der Waals surface area contributed by atoms with Crippen molar-refractivity contribution >= 4 is 28.8 Å². The van der Waals surface area contributed by atoms with Crippen LogP contribution in [0, 0.1) is 11.8 Å². The number of fused-ring (bicyclic) bond motifs is 3. The summed E-state index contributed by atoms with van der Waals surface area (Å²) in [6.07, 6.45) is 10.1. The van der Waals surface area contributed by atoms with Gasteiger partial charge >= 0.3 is 12.1 Å². The number of nitrogens with zero attached hydrogens (tertiary/aromatic N) is 3. The standard InChI is InChI=1S/C28H39N3O5/c1-17-12-13-21-22(30(17)28(35)36-2)14-15-23-24(21)29-26(25(32)18-8-5-3-4-6-9-18)31(23)20-11-7-10-19(16-20)27(33)34/h14-15,17-20,25,32H,3-13,16H2,1-2H3,(H,33,34)/t17-,19+,20+,25+/m0/s1. The molecule has 3 aliphatic rings. The van der Waals surface area contributed by atoms with Gasteiger partial charge in [0, 0.05) is 17.6 Å². The minimum absolute atomic E-state index is 0.0162. The summed E-state index contributed by atoms with van der Waals surface area (Å²) in [7, 11) is 1.40. The smallest absolute Gasteiger partial charge is 0.414 e. The molecule has 1 aliphatic heterocycles. The van der Waals surface area contributed by atoms with Crippen molar-refractivity contribution in [3.05, 3.63) is 23.5 Å². The molecular formula is C28H39N3O5. The Kier molecular flexibility index (Phi) is 7.24. The summed E-state index contributed by atoms with van der Waals surface area (Å²) >= 11 is 0. The number of carbonyl (C=O) groups is 2. The number of aromatic nitrogens is 2. The van der Waals surface area contributed by atoms with E-state index in [1.807, 2.05) is 19.1 Å². The predicted octanol–water partition coefficient (Wildman–Crippen LogP) is 5.76. The topological polar surface area (TPSA) is 105 Å². The van der Waals surface area contributed by atoms with Crippen LogP contribution in [0.25, 0.3) is 11.0 Å². The molecule has 4 atom stereocenters. The van der Waals surface area contributed by atoms with Gasteiger partial charge < -0.3 is 19.5 Å². The summed E-state index contributed by atoms with van der Waals surface area (Å²) in [6, 6.07) is 3.98. The van der Waals surface area contributed by atoms with E-state index < -0.39 is 12.1 Å². The van der Waals surface area contributed by atoms with E-state index in [4.69, 9.17) is 9.72 Å². The number of rotatable bonds is 4. The van der Waals surface area contributed by atoms with Gasteiger partial charge in [0.2, 0.25) is 0 Å². The largest absolute Gasteiger partial charge is 0.481 e. The van der Waals surface area contributed by atoms with Crippen LogP contribution in [0.4, 0.5) is 10.5 Å². The van der Waals surface area contributed by atoms with Crippen LogP contribution < -0.4 is 4.90 Å². The molecule has 1 amide bonds. The summed E-state index contributed by atoms with van der Waals surface area (Å²) < 4.78 is 7.25. The molecule has 2 aromatic rings. The molecule has 0 unspecified atom stereocenters. The molecule has 0 bridgehead atoms. The molecule has 8 nitrogen and oxygen atoms in total. The number of carbonyl (C=O) groups excluding carboxylic acids is 1. The Morgan fingerprint density at radius 1 is 1.06 bits per heavy atom. The number of aliphatic carboxylic acids is 1. The molecule has 2 N–H and O–H groups in total. The van der Waals surface area contributed by atoms with Gasteiger partial charge in [0.1, 0.15) is 11.9 Å². The highest BCUT2D eigenvalue weighted by atomic mass is 16.5. The third-order valence-electron chi connectivity index (χ3n) is 8.82. The van der Waals surface area contributed by atoms with E-state index >= 15 is 0 Å². The van der Waals surface area contributed by atoms with Gasteiger partial charge in [0.05, 0.1) is 29.7 Å². The fourth-order valence-corrected chi connectivity index (χ4v) is 6.85. The molecule has 2 saturated carbocycles. The molecule has 196 valence electrons. The summed E-state index contributed by atoms with van der Waals surface area (Å²) in [5, 5.41) is 21.4. The molecule has 5 rings (SSSR count). The summed E-state index contributed by atoms with van der Waals surface area (Å²) in [5.41, 5.74) is 3.59. The first-order chi connectivity index (χ1) is 17.4. The number of imidazole rings is 1. The molecule has 2 aliphatic carbocycles. The van der Waals surface area contributed by atoms with Crippen LogP contribution in [0.15, 0.2) is 12.1 Å². The Balaban J connectivity index is 1.64. The van der Waals surface area contributed by atoms with E-state index in [2.05, 4.69) is 4.57 Å². The van der Waals surface area contributed by atoms with Crippen molar-refractivity contribution in [1.29, 1.82) is 0 Å². The van der Waals surface area contributed by atoms with Crippen LogP contribution in [0.2, 0.25) is 0 Å². The van der Waals surface area contributed by atoms with E-state index in [9.17, 15) is 19.8 Å². The van der Waals surface area contributed by atoms with Gasteiger partial charge in [-0.15, -0.1) is 0 Å². The number of ether oxygens (including phenoxy) is 1. The van der Waals surface area contributed by atoms with E-state index in [1.54, 1.807) is 4.90 Å². The van der Waals surface area contributed by atoms with Gasteiger partial charge in [-0.25, -0.2) is 9.78 Å². The minimum atomic E-state index is -0.741. The summed E-state index contributed by atoms with van der Waals surface area (Å²) in [6.45, 7) is 2.03. The highest BCUT2D eigenvalue weighted by Crippen LogP contribution is 2.43. The van der Waals surface area contributed by atoms with Gasteiger partial charge in [-0.2, -0.15) is 0 Å². The van der Waals surface area contributed by atoms with Gasteiger partial charge in [0.15, 0.2) is 0 Å². The lowest BCUT2D eigenvalue weighted by molar-refractivity contribution is -0.143. The van der Waals surface area contributed by atoms with Crippen molar-refractivity contribution in [3.63, 3.8) is 0 Å². The van der Waals surface area contributed by atoms with Crippen molar-refractivity contribution in [1.82, 2.24) is 9.55 Å². The van der Waals surface area contributed by atoms with Crippen molar-refractivity contribution in [3.8, 4) is 0 Å². The number of carboxylic acid groups (broad SMARTS) is 1. The van der Waals surface area contributed by atoms with Gasteiger partial charge in [-0.1, -0.05) is 32.1 Å². The molecule has 1 aromatic carbocycles.